The van der Waals surface area contributed by atoms with Crippen molar-refractivity contribution in [2.24, 2.45) is 0 Å². The molecular weight excluding hydrogens is 258 g/mol. The maximum Gasteiger partial charge on any atom is 0.254 e. The Kier molecular flexibility index (Phi) is 3.62. The first-order valence-corrected chi connectivity index (χ1v) is 7.27. The van der Waals surface area contributed by atoms with Crippen LogP contribution in [0, 0.1) is 0 Å². The van der Waals surface area contributed by atoms with Crippen LogP contribution in [0.4, 0.5) is 0 Å². The van der Waals surface area contributed by atoms with Gasteiger partial charge in [0.2, 0.25) is 0 Å². The van der Waals surface area contributed by atoms with Gasteiger partial charge in [-0.3, -0.25) is 4.79 Å². The summed E-state index contributed by atoms with van der Waals surface area (Å²) in [7, 11) is 0. The number of rotatable bonds is 2. The summed E-state index contributed by atoms with van der Waals surface area (Å²) < 4.78 is 5.77. The summed E-state index contributed by atoms with van der Waals surface area (Å²) in [6.45, 7) is 1.88. The average molecular weight is 273 g/mol. The summed E-state index contributed by atoms with van der Waals surface area (Å²) in [5.74, 6) is 0.102. The Morgan fingerprint density at radius 3 is 2.84 bits per heavy atom. The van der Waals surface area contributed by atoms with Gasteiger partial charge in [-0.2, -0.15) is 11.3 Å². The van der Waals surface area contributed by atoms with E-state index in [-0.39, 0.29) is 12.0 Å². The van der Waals surface area contributed by atoms with Gasteiger partial charge in [0.1, 0.15) is 6.10 Å². The second-order valence-corrected chi connectivity index (χ2v) is 5.31. The van der Waals surface area contributed by atoms with E-state index in [4.69, 9.17) is 4.74 Å². The lowest BCUT2D eigenvalue weighted by molar-refractivity contribution is -0.0228. The molecule has 0 spiro atoms. The van der Waals surface area contributed by atoms with Crippen molar-refractivity contribution in [3.8, 4) is 0 Å². The lowest BCUT2D eigenvalue weighted by atomic mass is 10.1. The van der Waals surface area contributed by atoms with Crippen molar-refractivity contribution >= 4 is 17.2 Å². The number of carbonyl (C=O) groups excluding carboxylic acids is 1. The molecule has 19 heavy (non-hydrogen) atoms. The average Bonchev–Trinajstić information content (AvgIpc) is 3.02. The monoisotopic (exact) mass is 273 g/mol. The van der Waals surface area contributed by atoms with Crippen molar-refractivity contribution in [1.82, 2.24) is 4.90 Å². The quantitative estimate of drug-likeness (QED) is 0.842. The SMILES string of the molecule is O=C(c1ccsc1)N1CCO[C@H](c2ccccc2)C1. The number of thiophene rings is 1. The highest BCUT2D eigenvalue weighted by molar-refractivity contribution is 7.08. The molecule has 1 aromatic heterocycles. The van der Waals surface area contributed by atoms with Crippen molar-refractivity contribution < 1.29 is 9.53 Å². The van der Waals surface area contributed by atoms with Crippen LogP contribution in [-0.2, 0) is 4.74 Å². The topological polar surface area (TPSA) is 29.5 Å². The van der Waals surface area contributed by atoms with E-state index in [1.807, 2.05) is 52.1 Å². The molecule has 1 aliphatic rings. The fraction of sp³-hybridized carbons (Fsp3) is 0.267. The standard InChI is InChI=1S/C15H15NO2S/c17-15(13-6-9-19-11-13)16-7-8-18-14(10-16)12-4-2-1-3-5-12/h1-6,9,11,14H,7-8,10H2/t14-/m0/s1. The molecule has 2 heterocycles. The van der Waals surface area contributed by atoms with Crippen LogP contribution in [0.25, 0.3) is 0 Å². The molecule has 1 fully saturated rings. The van der Waals surface area contributed by atoms with Gasteiger partial charge in [-0.1, -0.05) is 30.3 Å². The largest absolute Gasteiger partial charge is 0.370 e. The molecule has 0 bridgehead atoms. The number of hydrogen-bond donors (Lipinski definition) is 0. The molecular formula is C15H15NO2S. The van der Waals surface area contributed by atoms with Crippen LogP contribution in [0.15, 0.2) is 47.2 Å². The molecule has 0 saturated carbocycles. The molecule has 1 saturated heterocycles. The molecule has 1 aromatic carbocycles. The van der Waals surface area contributed by atoms with Crippen molar-refractivity contribution in [3.63, 3.8) is 0 Å². The van der Waals surface area contributed by atoms with Gasteiger partial charge >= 0.3 is 0 Å². The van der Waals surface area contributed by atoms with E-state index in [9.17, 15) is 4.79 Å². The van der Waals surface area contributed by atoms with Crippen LogP contribution in [0.2, 0.25) is 0 Å². The molecule has 2 aromatic rings. The molecule has 98 valence electrons. The first kappa shape index (κ1) is 12.4. The number of morpholine rings is 1. The van der Waals surface area contributed by atoms with E-state index in [0.29, 0.717) is 19.7 Å². The maximum absolute atomic E-state index is 12.3. The third kappa shape index (κ3) is 2.69. The zero-order valence-corrected chi connectivity index (χ0v) is 11.3. The second kappa shape index (κ2) is 5.55. The number of hydrogen-bond acceptors (Lipinski definition) is 3. The Labute approximate surface area is 116 Å². The highest BCUT2D eigenvalue weighted by Gasteiger charge is 2.26. The molecule has 0 unspecified atom stereocenters. The minimum atomic E-state index is -0.0162. The molecule has 0 aliphatic carbocycles. The van der Waals surface area contributed by atoms with Crippen LogP contribution in [0.5, 0.6) is 0 Å². The van der Waals surface area contributed by atoms with Gasteiger partial charge in [0.15, 0.2) is 0 Å². The van der Waals surface area contributed by atoms with E-state index < -0.39 is 0 Å². The Morgan fingerprint density at radius 2 is 2.11 bits per heavy atom. The predicted octanol–water partition coefficient (Wildman–Crippen LogP) is 2.96. The summed E-state index contributed by atoms with van der Waals surface area (Å²) in [4.78, 5) is 14.2. The molecule has 3 nitrogen and oxygen atoms in total. The summed E-state index contributed by atoms with van der Waals surface area (Å²) in [5, 5.41) is 3.83. The Balaban J connectivity index is 1.73. The van der Waals surface area contributed by atoms with Gasteiger partial charge in [0, 0.05) is 11.9 Å². The minimum Gasteiger partial charge on any atom is -0.370 e. The van der Waals surface area contributed by atoms with Gasteiger partial charge in [-0.05, 0) is 17.0 Å². The van der Waals surface area contributed by atoms with Crippen molar-refractivity contribution in [2.45, 2.75) is 6.10 Å². The van der Waals surface area contributed by atoms with Crippen molar-refractivity contribution in [3.05, 3.63) is 58.3 Å². The van der Waals surface area contributed by atoms with Gasteiger partial charge in [-0.25, -0.2) is 0 Å². The van der Waals surface area contributed by atoms with Crippen molar-refractivity contribution in [2.75, 3.05) is 19.7 Å². The number of amides is 1. The van der Waals surface area contributed by atoms with E-state index in [0.717, 1.165) is 11.1 Å². The zero-order valence-electron chi connectivity index (χ0n) is 10.5. The minimum absolute atomic E-state index is 0.0162. The lowest BCUT2D eigenvalue weighted by Crippen LogP contribution is -2.42. The molecule has 1 aliphatic heterocycles. The fourth-order valence-corrected chi connectivity index (χ4v) is 2.90. The number of ether oxygens (including phenoxy) is 1. The van der Waals surface area contributed by atoms with Crippen LogP contribution in [-0.4, -0.2) is 30.5 Å². The predicted molar refractivity (Wildman–Crippen MR) is 75.4 cm³/mol. The summed E-state index contributed by atoms with van der Waals surface area (Å²) in [6.07, 6.45) is -0.0162. The molecule has 1 atom stereocenters. The van der Waals surface area contributed by atoms with E-state index >= 15 is 0 Å². The third-order valence-corrected chi connectivity index (χ3v) is 3.98. The van der Waals surface area contributed by atoms with E-state index in [1.165, 1.54) is 0 Å². The van der Waals surface area contributed by atoms with Gasteiger partial charge < -0.3 is 9.64 Å². The number of benzene rings is 1. The maximum atomic E-state index is 12.3. The van der Waals surface area contributed by atoms with E-state index in [1.54, 1.807) is 11.3 Å². The van der Waals surface area contributed by atoms with Gasteiger partial charge in [0.25, 0.3) is 5.91 Å². The second-order valence-electron chi connectivity index (χ2n) is 4.53. The van der Waals surface area contributed by atoms with Crippen LogP contribution in [0.3, 0.4) is 0 Å². The molecule has 0 radical (unpaired) electrons. The molecule has 0 N–H and O–H groups in total. The molecule has 1 amide bonds. The Morgan fingerprint density at radius 1 is 1.26 bits per heavy atom. The molecule has 4 heteroatoms. The summed E-state index contributed by atoms with van der Waals surface area (Å²) >= 11 is 1.55. The first-order chi connectivity index (χ1) is 9.34. The van der Waals surface area contributed by atoms with Gasteiger partial charge in [-0.15, -0.1) is 0 Å². The molecule has 3 rings (SSSR count). The zero-order chi connectivity index (χ0) is 13.1. The first-order valence-electron chi connectivity index (χ1n) is 6.32. The Bertz CT molecular complexity index is 539. The highest BCUT2D eigenvalue weighted by atomic mass is 32.1. The third-order valence-electron chi connectivity index (χ3n) is 3.29. The highest BCUT2D eigenvalue weighted by Crippen LogP contribution is 2.23. The summed E-state index contributed by atoms with van der Waals surface area (Å²) in [5.41, 5.74) is 1.91. The lowest BCUT2D eigenvalue weighted by Gasteiger charge is -2.33. The number of nitrogens with zero attached hydrogens (tertiary/aromatic N) is 1. The smallest absolute Gasteiger partial charge is 0.254 e. The number of carbonyl (C=O) groups is 1. The van der Waals surface area contributed by atoms with Crippen LogP contribution < -0.4 is 0 Å². The normalized spacial score (nSPS) is 19.4. The van der Waals surface area contributed by atoms with Gasteiger partial charge in [0.05, 0.1) is 18.7 Å². The van der Waals surface area contributed by atoms with Crippen LogP contribution >= 0.6 is 11.3 Å². The fourth-order valence-electron chi connectivity index (χ4n) is 2.27. The summed E-state index contributed by atoms with van der Waals surface area (Å²) in [6, 6.07) is 11.9. The van der Waals surface area contributed by atoms with E-state index in [2.05, 4.69) is 0 Å². The Hall–Kier alpha value is -1.65. The van der Waals surface area contributed by atoms with Crippen molar-refractivity contribution in [1.29, 1.82) is 0 Å². The van der Waals surface area contributed by atoms with Crippen LogP contribution in [0.1, 0.15) is 22.0 Å².